The molecule has 0 aliphatic heterocycles. The molecule has 0 fully saturated rings. The lowest BCUT2D eigenvalue weighted by atomic mass is 9.80. The third-order valence-corrected chi connectivity index (χ3v) is 2.18. The summed E-state index contributed by atoms with van der Waals surface area (Å²) in [5.74, 6) is 0. The molecular weight excluding hydrogens is 214 g/mol. The Hall–Kier alpha value is -0.545. The number of benzene rings is 1. The number of carbonyl (C=O) groups is 1. The predicted octanol–water partition coefficient (Wildman–Crippen LogP) is 0.486. The van der Waals surface area contributed by atoms with E-state index >= 15 is 0 Å². The topological polar surface area (TPSA) is 57.5 Å². The Morgan fingerprint density at radius 3 is 2.31 bits per heavy atom. The van der Waals surface area contributed by atoms with Gasteiger partial charge in [0.25, 0.3) is 0 Å². The van der Waals surface area contributed by atoms with E-state index in [1.54, 1.807) is 0 Å². The van der Waals surface area contributed by atoms with Crippen molar-refractivity contribution >= 4 is 42.1 Å². The highest BCUT2D eigenvalue weighted by molar-refractivity contribution is 6.63. The maximum absolute atomic E-state index is 10.4. The van der Waals surface area contributed by atoms with Gasteiger partial charge in [-0.25, -0.2) is 0 Å². The summed E-state index contributed by atoms with van der Waals surface area (Å²) in [5.41, 5.74) is 0.299. The number of halogens is 2. The van der Waals surface area contributed by atoms with Crippen LogP contribution in [-0.2, 0) is 0 Å². The van der Waals surface area contributed by atoms with E-state index in [1.165, 1.54) is 12.1 Å². The van der Waals surface area contributed by atoms with Crippen molar-refractivity contribution < 1.29 is 14.8 Å². The van der Waals surface area contributed by atoms with Crippen LogP contribution < -0.4 is 5.46 Å². The lowest BCUT2D eigenvalue weighted by molar-refractivity contribution is 0.112. The molecule has 0 saturated carbocycles. The number of carbonyl (C=O) groups excluding carboxylic acids is 1. The van der Waals surface area contributed by atoms with Crippen molar-refractivity contribution in [2.75, 3.05) is 0 Å². The Balaban J connectivity index is 3.28. The van der Waals surface area contributed by atoms with Gasteiger partial charge in [0.1, 0.15) is 0 Å². The lowest BCUT2D eigenvalue weighted by Gasteiger charge is -2.04. The quantitative estimate of drug-likeness (QED) is 0.561. The van der Waals surface area contributed by atoms with Crippen molar-refractivity contribution in [3.05, 3.63) is 27.7 Å². The highest BCUT2D eigenvalue weighted by atomic mass is 35.5. The fraction of sp³-hybridized carbons (Fsp3) is 0. The summed E-state index contributed by atoms with van der Waals surface area (Å²) in [6.07, 6.45) is 0.543. The van der Waals surface area contributed by atoms with Crippen LogP contribution in [0.1, 0.15) is 10.4 Å². The van der Waals surface area contributed by atoms with Crippen LogP contribution in [0.3, 0.4) is 0 Å². The van der Waals surface area contributed by atoms with E-state index in [0.717, 1.165) is 0 Å². The first-order chi connectivity index (χ1) is 6.06. The van der Waals surface area contributed by atoms with Gasteiger partial charge in [0.05, 0.1) is 5.02 Å². The second kappa shape index (κ2) is 4.11. The maximum Gasteiger partial charge on any atom is 0.490 e. The van der Waals surface area contributed by atoms with Crippen LogP contribution in [0.2, 0.25) is 10.0 Å². The Labute approximate surface area is 85.0 Å². The fourth-order valence-electron chi connectivity index (χ4n) is 0.866. The molecule has 0 amide bonds. The Morgan fingerprint density at radius 2 is 1.85 bits per heavy atom. The molecule has 13 heavy (non-hydrogen) atoms. The first-order valence-corrected chi connectivity index (χ1v) is 4.12. The molecule has 0 saturated heterocycles. The second-order valence-electron chi connectivity index (χ2n) is 2.39. The van der Waals surface area contributed by atoms with Gasteiger partial charge in [-0.15, -0.1) is 0 Å². The van der Waals surface area contributed by atoms with Crippen LogP contribution >= 0.6 is 23.2 Å². The van der Waals surface area contributed by atoms with Crippen molar-refractivity contribution in [1.29, 1.82) is 0 Å². The summed E-state index contributed by atoms with van der Waals surface area (Å²) in [6, 6.07) is 2.53. The predicted molar refractivity (Wildman–Crippen MR) is 51.7 cm³/mol. The van der Waals surface area contributed by atoms with Crippen LogP contribution in [0.25, 0.3) is 0 Å². The third-order valence-electron chi connectivity index (χ3n) is 1.52. The summed E-state index contributed by atoms with van der Waals surface area (Å²) < 4.78 is 0. The first kappa shape index (κ1) is 10.5. The van der Waals surface area contributed by atoms with Crippen molar-refractivity contribution in [1.82, 2.24) is 0 Å². The molecule has 0 radical (unpaired) electrons. The van der Waals surface area contributed by atoms with E-state index in [4.69, 9.17) is 33.2 Å². The molecule has 0 heterocycles. The zero-order valence-corrected chi connectivity index (χ0v) is 7.88. The molecule has 1 aromatic rings. The highest BCUT2D eigenvalue weighted by Crippen LogP contribution is 2.17. The first-order valence-electron chi connectivity index (χ1n) is 3.36. The van der Waals surface area contributed by atoms with Gasteiger partial charge in [-0.05, 0) is 12.1 Å². The number of rotatable bonds is 2. The van der Waals surface area contributed by atoms with E-state index in [0.29, 0.717) is 6.29 Å². The minimum absolute atomic E-state index is 0.0808. The molecule has 3 nitrogen and oxygen atoms in total. The average molecular weight is 219 g/mol. The fourth-order valence-corrected chi connectivity index (χ4v) is 1.35. The molecule has 0 spiro atoms. The van der Waals surface area contributed by atoms with Crippen LogP contribution in [0.5, 0.6) is 0 Å². The van der Waals surface area contributed by atoms with Gasteiger partial charge >= 0.3 is 7.12 Å². The zero-order chi connectivity index (χ0) is 10.0. The monoisotopic (exact) mass is 218 g/mol. The largest absolute Gasteiger partial charge is 0.490 e. The van der Waals surface area contributed by atoms with Crippen LogP contribution in [0, 0.1) is 0 Å². The molecule has 68 valence electrons. The molecule has 0 aromatic heterocycles. The number of aldehydes is 1. The average Bonchev–Trinajstić information content (AvgIpc) is 2.07. The molecule has 0 aliphatic rings. The Kier molecular flexibility index (Phi) is 3.33. The van der Waals surface area contributed by atoms with Crippen molar-refractivity contribution in [3.8, 4) is 0 Å². The normalized spacial score (nSPS) is 9.85. The minimum Gasteiger partial charge on any atom is -0.423 e. The summed E-state index contributed by atoms with van der Waals surface area (Å²) >= 11 is 11.3. The highest BCUT2D eigenvalue weighted by Gasteiger charge is 2.17. The van der Waals surface area contributed by atoms with Crippen molar-refractivity contribution in [2.24, 2.45) is 0 Å². The van der Waals surface area contributed by atoms with Gasteiger partial charge < -0.3 is 10.0 Å². The molecule has 0 aliphatic carbocycles. The van der Waals surface area contributed by atoms with Gasteiger partial charge in [0, 0.05) is 16.0 Å². The van der Waals surface area contributed by atoms with Gasteiger partial charge in [-0.3, -0.25) is 4.79 Å². The summed E-state index contributed by atoms with van der Waals surface area (Å²) in [6.45, 7) is 0. The number of hydrogen-bond acceptors (Lipinski definition) is 3. The molecule has 6 heteroatoms. The zero-order valence-electron chi connectivity index (χ0n) is 6.37. The summed E-state index contributed by atoms with van der Waals surface area (Å²) in [7, 11) is -1.69. The standard InChI is InChI=1S/C7H5BCl2O3/c9-6-2-5(8(12)13)7(10)1-4(6)3-11/h1-3,12-13H. The Morgan fingerprint density at radius 1 is 1.23 bits per heavy atom. The molecule has 1 rings (SSSR count). The summed E-state index contributed by atoms with van der Waals surface area (Å²) in [4.78, 5) is 10.4. The van der Waals surface area contributed by atoms with Crippen molar-refractivity contribution in [3.63, 3.8) is 0 Å². The van der Waals surface area contributed by atoms with E-state index in [-0.39, 0.29) is 21.1 Å². The maximum atomic E-state index is 10.4. The van der Waals surface area contributed by atoms with E-state index < -0.39 is 7.12 Å². The van der Waals surface area contributed by atoms with Crippen LogP contribution in [0.15, 0.2) is 12.1 Å². The van der Waals surface area contributed by atoms with Gasteiger partial charge in [0.2, 0.25) is 0 Å². The molecule has 0 atom stereocenters. The second-order valence-corrected chi connectivity index (χ2v) is 3.20. The van der Waals surface area contributed by atoms with Crippen LogP contribution in [0.4, 0.5) is 0 Å². The molecule has 0 bridgehead atoms. The lowest BCUT2D eigenvalue weighted by Crippen LogP contribution is -2.31. The van der Waals surface area contributed by atoms with Gasteiger partial charge in [0.15, 0.2) is 6.29 Å². The molecular formula is C7H5BCl2O3. The van der Waals surface area contributed by atoms with Gasteiger partial charge in [-0.2, -0.15) is 0 Å². The summed E-state index contributed by atoms with van der Waals surface area (Å²) in [5, 5.41) is 17.9. The van der Waals surface area contributed by atoms with Crippen LogP contribution in [-0.4, -0.2) is 23.5 Å². The SMILES string of the molecule is O=Cc1cc(Cl)c(B(O)O)cc1Cl. The minimum atomic E-state index is -1.69. The molecule has 0 unspecified atom stereocenters. The number of hydrogen-bond donors (Lipinski definition) is 2. The van der Waals surface area contributed by atoms with Crippen molar-refractivity contribution in [2.45, 2.75) is 0 Å². The Bertz CT molecular complexity index is 341. The molecule has 1 aromatic carbocycles. The smallest absolute Gasteiger partial charge is 0.423 e. The van der Waals surface area contributed by atoms with E-state index in [9.17, 15) is 4.79 Å². The van der Waals surface area contributed by atoms with E-state index in [2.05, 4.69) is 0 Å². The third kappa shape index (κ3) is 2.22. The molecule has 2 N–H and O–H groups in total. The van der Waals surface area contributed by atoms with E-state index in [1.807, 2.05) is 0 Å². The van der Waals surface area contributed by atoms with Gasteiger partial charge in [-0.1, -0.05) is 23.2 Å².